The minimum absolute atomic E-state index is 0.0851. The third-order valence-corrected chi connectivity index (χ3v) is 5.80. The van der Waals surface area contributed by atoms with Crippen LogP contribution in [0.3, 0.4) is 0 Å². The smallest absolute Gasteiger partial charge is 0.255 e. The second kappa shape index (κ2) is 6.01. The SMILES string of the molecule is CCc1c(C(=O)N2CCN3CCN(C)C(=O)[C@H]3C2)csc1C. The van der Waals surface area contributed by atoms with Crippen LogP contribution >= 0.6 is 11.3 Å². The quantitative estimate of drug-likeness (QED) is 0.823. The van der Waals surface area contributed by atoms with Gasteiger partial charge in [-0.15, -0.1) is 11.3 Å². The first-order valence-corrected chi connectivity index (χ1v) is 8.76. The lowest BCUT2D eigenvalue weighted by molar-refractivity contribution is -0.142. The summed E-state index contributed by atoms with van der Waals surface area (Å²) in [5.74, 6) is 0.225. The predicted octanol–water partition coefficient (Wildman–Crippen LogP) is 1.22. The Morgan fingerprint density at radius 3 is 2.77 bits per heavy atom. The lowest BCUT2D eigenvalue weighted by atomic mass is 10.0. The fourth-order valence-electron chi connectivity index (χ4n) is 3.42. The molecule has 2 aliphatic rings. The van der Waals surface area contributed by atoms with E-state index < -0.39 is 0 Å². The highest BCUT2D eigenvalue weighted by Crippen LogP contribution is 2.25. The first-order valence-electron chi connectivity index (χ1n) is 7.88. The van der Waals surface area contributed by atoms with Crippen LogP contribution in [0, 0.1) is 6.92 Å². The van der Waals surface area contributed by atoms with Crippen molar-refractivity contribution < 1.29 is 9.59 Å². The second-order valence-corrected chi connectivity index (χ2v) is 7.18. The van der Waals surface area contributed by atoms with Crippen molar-refractivity contribution in [2.75, 3.05) is 39.8 Å². The summed E-state index contributed by atoms with van der Waals surface area (Å²) < 4.78 is 0. The number of carbonyl (C=O) groups is 2. The zero-order valence-electron chi connectivity index (χ0n) is 13.5. The van der Waals surface area contributed by atoms with Gasteiger partial charge in [-0.25, -0.2) is 0 Å². The number of amides is 2. The summed E-state index contributed by atoms with van der Waals surface area (Å²) >= 11 is 1.64. The fourth-order valence-corrected chi connectivity index (χ4v) is 4.35. The molecule has 2 fully saturated rings. The van der Waals surface area contributed by atoms with Gasteiger partial charge in [-0.3, -0.25) is 14.5 Å². The highest BCUT2D eigenvalue weighted by molar-refractivity contribution is 7.10. The first-order chi connectivity index (χ1) is 10.5. The van der Waals surface area contributed by atoms with Crippen molar-refractivity contribution >= 4 is 23.2 Å². The maximum absolute atomic E-state index is 12.8. The predicted molar refractivity (Wildman–Crippen MR) is 87.3 cm³/mol. The minimum atomic E-state index is -0.166. The summed E-state index contributed by atoms with van der Waals surface area (Å²) in [5.41, 5.74) is 1.99. The van der Waals surface area contributed by atoms with Gasteiger partial charge in [0.1, 0.15) is 6.04 Å². The Hall–Kier alpha value is -1.40. The van der Waals surface area contributed by atoms with Crippen LogP contribution in [-0.4, -0.2) is 72.3 Å². The molecule has 0 radical (unpaired) electrons. The van der Waals surface area contributed by atoms with Crippen molar-refractivity contribution in [3.8, 4) is 0 Å². The average Bonchev–Trinajstić information content (AvgIpc) is 2.90. The van der Waals surface area contributed by atoms with Crippen molar-refractivity contribution in [2.24, 2.45) is 0 Å². The van der Waals surface area contributed by atoms with Crippen LogP contribution in [0.15, 0.2) is 5.38 Å². The molecule has 0 unspecified atom stereocenters. The van der Waals surface area contributed by atoms with E-state index in [1.165, 1.54) is 4.88 Å². The Balaban J connectivity index is 1.78. The van der Waals surface area contributed by atoms with Gasteiger partial charge in [0.15, 0.2) is 0 Å². The van der Waals surface area contributed by atoms with E-state index in [0.29, 0.717) is 13.1 Å². The van der Waals surface area contributed by atoms with Crippen molar-refractivity contribution in [1.29, 1.82) is 0 Å². The third kappa shape index (κ3) is 2.54. The van der Waals surface area contributed by atoms with Gasteiger partial charge in [-0.1, -0.05) is 6.92 Å². The van der Waals surface area contributed by atoms with E-state index >= 15 is 0 Å². The van der Waals surface area contributed by atoms with Crippen LogP contribution in [0.1, 0.15) is 27.7 Å². The van der Waals surface area contributed by atoms with Crippen molar-refractivity contribution in [3.63, 3.8) is 0 Å². The normalized spacial score (nSPS) is 22.9. The summed E-state index contributed by atoms with van der Waals surface area (Å²) in [5, 5.41) is 1.97. The van der Waals surface area contributed by atoms with Gasteiger partial charge in [-0.05, 0) is 18.9 Å². The summed E-state index contributed by atoms with van der Waals surface area (Å²) in [6.07, 6.45) is 0.876. The molecule has 0 aliphatic carbocycles. The number of aryl methyl sites for hydroxylation is 1. The molecule has 2 amide bonds. The number of nitrogens with zero attached hydrogens (tertiary/aromatic N) is 3. The van der Waals surface area contributed by atoms with Gasteiger partial charge in [0.25, 0.3) is 5.91 Å². The van der Waals surface area contributed by atoms with Crippen molar-refractivity contribution in [1.82, 2.24) is 14.7 Å². The Morgan fingerprint density at radius 2 is 2.05 bits per heavy atom. The van der Waals surface area contributed by atoms with Crippen LogP contribution in [-0.2, 0) is 11.2 Å². The topological polar surface area (TPSA) is 43.9 Å². The number of rotatable bonds is 2. The second-order valence-electron chi connectivity index (χ2n) is 6.10. The standard InChI is InChI=1S/C16H23N3O2S/c1-4-12-11(2)22-10-13(12)15(20)19-8-7-18-6-5-17(3)16(21)14(18)9-19/h10,14H,4-9H2,1-3H3/t14-/m1/s1. The van der Waals surface area contributed by atoms with Crippen LogP contribution in [0.5, 0.6) is 0 Å². The highest BCUT2D eigenvalue weighted by atomic mass is 32.1. The molecular weight excluding hydrogens is 298 g/mol. The van der Waals surface area contributed by atoms with E-state index in [4.69, 9.17) is 0 Å². The molecule has 6 heteroatoms. The fraction of sp³-hybridized carbons (Fsp3) is 0.625. The molecule has 3 heterocycles. The van der Waals surface area contributed by atoms with E-state index in [1.807, 2.05) is 17.3 Å². The van der Waals surface area contributed by atoms with Crippen LogP contribution in [0.4, 0.5) is 0 Å². The van der Waals surface area contributed by atoms with E-state index in [1.54, 1.807) is 16.2 Å². The summed E-state index contributed by atoms with van der Waals surface area (Å²) in [6.45, 7) is 7.87. The molecule has 120 valence electrons. The monoisotopic (exact) mass is 321 g/mol. The molecule has 0 spiro atoms. The summed E-state index contributed by atoms with van der Waals surface area (Å²) in [7, 11) is 1.85. The van der Waals surface area contributed by atoms with Crippen LogP contribution in [0.25, 0.3) is 0 Å². The number of thiophene rings is 1. The number of fused-ring (bicyclic) bond motifs is 1. The molecule has 22 heavy (non-hydrogen) atoms. The zero-order valence-corrected chi connectivity index (χ0v) is 14.3. The van der Waals surface area contributed by atoms with E-state index in [-0.39, 0.29) is 17.9 Å². The summed E-state index contributed by atoms with van der Waals surface area (Å²) in [4.78, 5) is 32.3. The maximum atomic E-state index is 12.8. The molecule has 1 aromatic rings. The lowest BCUT2D eigenvalue weighted by Crippen LogP contribution is -2.64. The first kappa shape index (κ1) is 15.5. The summed E-state index contributed by atoms with van der Waals surface area (Å²) in [6, 6.07) is -0.166. The number of hydrogen-bond acceptors (Lipinski definition) is 4. The highest BCUT2D eigenvalue weighted by Gasteiger charge is 2.39. The molecule has 1 aromatic heterocycles. The third-order valence-electron chi connectivity index (χ3n) is 4.85. The largest absolute Gasteiger partial charge is 0.343 e. The van der Waals surface area contributed by atoms with Gasteiger partial charge in [0, 0.05) is 50.0 Å². The minimum Gasteiger partial charge on any atom is -0.343 e. The molecule has 2 aliphatic heterocycles. The molecule has 3 rings (SSSR count). The van der Waals surface area contributed by atoms with Crippen LogP contribution in [0.2, 0.25) is 0 Å². The van der Waals surface area contributed by atoms with Gasteiger partial charge in [0.05, 0.1) is 5.56 Å². The van der Waals surface area contributed by atoms with E-state index in [9.17, 15) is 9.59 Å². The average molecular weight is 321 g/mol. The number of piperazine rings is 2. The molecule has 5 nitrogen and oxygen atoms in total. The zero-order chi connectivity index (χ0) is 15.9. The molecule has 2 saturated heterocycles. The molecule has 0 bridgehead atoms. The lowest BCUT2D eigenvalue weighted by Gasteiger charge is -2.45. The van der Waals surface area contributed by atoms with Crippen molar-refractivity contribution in [2.45, 2.75) is 26.3 Å². The van der Waals surface area contributed by atoms with Crippen LogP contribution < -0.4 is 0 Å². The number of carbonyl (C=O) groups excluding carboxylic acids is 2. The molecule has 0 N–H and O–H groups in total. The van der Waals surface area contributed by atoms with Gasteiger partial charge >= 0.3 is 0 Å². The molecular formula is C16H23N3O2S. The molecule has 0 aromatic carbocycles. The number of likely N-dealkylation sites (N-methyl/N-ethyl adjacent to an activating group) is 1. The Kier molecular flexibility index (Phi) is 4.23. The van der Waals surface area contributed by atoms with E-state index in [0.717, 1.165) is 37.2 Å². The Labute approximate surface area is 135 Å². The van der Waals surface area contributed by atoms with Gasteiger partial charge in [-0.2, -0.15) is 0 Å². The van der Waals surface area contributed by atoms with Crippen molar-refractivity contribution in [3.05, 3.63) is 21.4 Å². The molecule has 0 saturated carbocycles. The van der Waals surface area contributed by atoms with Gasteiger partial charge in [0.2, 0.25) is 5.91 Å². The Morgan fingerprint density at radius 1 is 1.32 bits per heavy atom. The van der Waals surface area contributed by atoms with Gasteiger partial charge < -0.3 is 9.80 Å². The number of hydrogen-bond donors (Lipinski definition) is 0. The molecule has 1 atom stereocenters. The maximum Gasteiger partial charge on any atom is 0.255 e. The Bertz CT molecular complexity index is 598. The van der Waals surface area contributed by atoms with E-state index in [2.05, 4.69) is 18.7 Å².